The highest BCUT2D eigenvalue weighted by Gasteiger charge is 2.15. The molecule has 0 saturated carbocycles. The molecule has 0 unspecified atom stereocenters. The molecule has 0 aromatic heterocycles. The summed E-state index contributed by atoms with van der Waals surface area (Å²) < 4.78 is 23.5. The lowest BCUT2D eigenvalue weighted by Gasteiger charge is -2.09. The molecule has 0 saturated heterocycles. The minimum Gasteiger partial charge on any atom is -0.491 e. The highest BCUT2D eigenvalue weighted by Crippen LogP contribution is 2.21. The van der Waals surface area contributed by atoms with E-state index >= 15 is 0 Å². The van der Waals surface area contributed by atoms with E-state index in [0.717, 1.165) is 18.9 Å². The Hall–Kier alpha value is -2.11. The number of hydrogen-bond donors (Lipinski definition) is 1. The van der Waals surface area contributed by atoms with Crippen molar-refractivity contribution < 1.29 is 23.5 Å². The second-order valence-electron chi connectivity index (χ2n) is 4.02. The van der Waals surface area contributed by atoms with Gasteiger partial charge in [0.15, 0.2) is 11.6 Å². The molecule has 0 aliphatic rings. The van der Waals surface area contributed by atoms with Gasteiger partial charge in [0.25, 0.3) is 0 Å². The van der Waals surface area contributed by atoms with Crippen molar-refractivity contribution in [2.45, 2.75) is 26.7 Å². The first kappa shape index (κ1) is 15.9. The van der Waals surface area contributed by atoms with Crippen LogP contribution in [-0.2, 0) is 14.3 Å². The SMILES string of the molecule is CCCCOc1ccc(NC(=O)C(=O)OCC)cc1F. The van der Waals surface area contributed by atoms with Gasteiger partial charge in [-0.05, 0) is 25.5 Å². The summed E-state index contributed by atoms with van der Waals surface area (Å²) in [6.07, 6.45) is 1.79. The zero-order valence-electron chi connectivity index (χ0n) is 11.6. The molecule has 6 heteroatoms. The summed E-state index contributed by atoms with van der Waals surface area (Å²) >= 11 is 0. The monoisotopic (exact) mass is 283 g/mol. The Morgan fingerprint density at radius 2 is 2.05 bits per heavy atom. The van der Waals surface area contributed by atoms with Gasteiger partial charge in [-0.15, -0.1) is 0 Å². The number of unbranched alkanes of at least 4 members (excludes halogenated alkanes) is 1. The van der Waals surface area contributed by atoms with Crippen molar-refractivity contribution in [3.63, 3.8) is 0 Å². The Bertz CT molecular complexity index is 476. The van der Waals surface area contributed by atoms with E-state index in [1.807, 2.05) is 6.92 Å². The van der Waals surface area contributed by atoms with Gasteiger partial charge in [0.1, 0.15) is 0 Å². The number of esters is 1. The summed E-state index contributed by atoms with van der Waals surface area (Å²) in [5.74, 6) is -2.42. The molecule has 0 aliphatic heterocycles. The fourth-order valence-electron chi connectivity index (χ4n) is 1.40. The molecule has 0 aliphatic carbocycles. The third-order valence-corrected chi connectivity index (χ3v) is 2.41. The second-order valence-corrected chi connectivity index (χ2v) is 4.02. The Balaban J connectivity index is 2.63. The fraction of sp³-hybridized carbons (Fsp3) is 0.429. The lowest BCUT2D eigenvalue weighted by Crippen LogP contribution is -2.25. The molecular weight excluding hydrogens is 265 g/mol. The van der Waals surface area contributed by atoms with Crippen LogP contribution in [-0.4, -0.2) is 25.1 Å². The van der Waals surface area contributed by atoms with Crippen molar-refractivity contribution in [3.05, 3.63) is 24.0 Å². The lowest BCUT2D eigenvalue weighted by atomic mass is 10.3. The Kier molecular flexibility index (Phi) is 6.49. The van der Waals surface area contributed by atoms with Crippen LogP contribution < -0.4 is 10.1 Å². The molecule has 1 aromatic rings. The number of halogens is 1. The Morgan fingerprint density at radius 1 is 1.30 bits per heavy atom. The van der Waals surface area contributed by atoms with Gasteiger partial charge >= 0.3 is 11.9 Å². The van der Waals surface area contributed by atoms with Crippen molar-refractivity contribution in [2.24, 2.45) is 0 Å². The number of anilines is 1. The topological polar surface area (TPSA) is 64.6 Å². The maximum atomic E-state index is 13.7. The maximum absolute atomic E-state index is 13.7. The quantitative estimate of drug-likeness (QED) is 0.495. The third-order valence-electron chi connectivity index (χ3n) is 2.41. The first-order valence-corrected chi connectivity index (χ1v) is 6.49. The molecule has 0 fully saturated rings. The van der Waals surface area contributed by atoms with Crippen LogP contribution in [0, 0.1) is 5.82 Å². The Morgan fingerprint density at radius 3 is 2.65 bits per heavy atom. The summed E-state index contributed by atoms with van der Waals surface area (Å²) in [5, 5.41) is 2.25. The van der Waals surface area contributed by atoms with E-state index < -0.39 is 17.7 Å². The van der Waals surface area contributed by atoms with E-state index in [0.29, 0.717) is 6.61 Å². The van der Waals surface area contributed by atoms with Crippen LogP contribution in [0.25, 0.3) is 0 Å². The minimum atomic E-state index is -1.00. The number of benzene rings is 1. The molecule has 0 radical (unpaired) electrons. The van der Waals surface area contributed by atoms with Gasteiger partial charge in [-0.25, -0.2) is 9.18 Å². The maximum Gasteiger partial charge on any atom is 0.397 e. The number of rotatable bonds is 6. The number of amides is 1. The van der Waals surface area contributed by atoms with Gasteiger partial charge in [-0.1, -0.05) is 13.3 Å². The number of carbonyl (C=O) groups excluding carboxylic acids is 2. The molecular formula is C14H18FNO4. The zero-order valence-corrected chi connectivity index (χ0v) is 11.6. The minimum absolute atomic E-state index is 0.102. The smallest absolute Gasteiger partial charge is 0.397 e. The van der Waals surface area contributed by atoms with E-state index in [-0.39, 0.29) is 18.0 Å². The summed E-state index contributed by atoms with van der Waals surface area (Å²) in [6, 6.07) is 3.96. The molecule has 0 heterocycles. The number of carbonyl (C=O) groups is 2. The number of nitrogens with one attached hydrogen (secondary N) is 1. The first-order chi connectivity index (χ1) is 9.58. The van der Waals surface area contributed by atoms with E-state index in [1.165, 1.54) is 12.1 Å². The molecule has 0 atom stereocenters. The molecule has 1 rings (SSSR count). The normalized spacial score (nSPS) is 9.95. The van der Waals surface area contributed by atoms with Crippen molar-refractivity contribution in [3.8, 4) is 5.75 Å². The predicted molar refractivity (Wildman–Crippen MR) is 72.1 cm³/mol. The van der Waals surface area contributed by atoms with Crippen molar-refractivity contribution in [2.75, 3.05) is 18.5 Å². The van der Waals surface area contributed by atoms with E-state index in [2.05, 4.69) is 10.1 Å². The van der Waals surface area contributed by atoms with Crippen molar-refractivity contribution >= 4 is 17.6 Å². The lowest BCUT2D eigenvalue weighted by molar-refractivity contribution is -0.152. The summed E-state index contributed by atoms with van der Waals surface area (Å²) in [7, 11) is 0. The fourth-order valence-corrected chi connectivity index (χ4v) is 1.40. The Labute approximate surface area is 117 Å². The highest BCUT2D eigenvalue weighted by molar-refractivity contribution is 6.37. The molecule has 1 aromatic carbocycles. The van der Waals surface area contributed by atoms with E-state index in [1.54, 1.807) is 6.92 Å². The first-order valence-electron chi connectivity index (χ1n) is 6.49. The standard InChI is InChI=1S/C14H18FNO4/c1-3-5-8-20-12-7-6-10(9-11(12)15)16-13(17)14(18)19-4-2/h6-7,9H,3-5,8H2,1-2H3,(H,16,17). The number of ether oxygens (including phenoxy) is 2. The van der Waals surface area contributed by atoms with Crippen LogP contribution in [0.3, 0.4) is 0 Å². The van der Waals surface area contributed by atoms with Gasteiger partial charge < -0.3 is 14.8 Å². The highest BCUT2D eigenvalue weighted by atomic mass is 19.1. The second kappa shape index (κ2) is 8.14. The average molecular weight is 283 g/mol. The van der Waals surface area contributed by atoms with Gasteiger partial charge in [-0.2, -0.15) is 0 Å². The van der Waals surface area contributed by atoms with Crippen LogP contribution in [0.2, 0.25) is 0 Å². The van der Waals surface area contributed by atoms with Crippen LogP contribution in [0.5, 0.6) is 5.75 Å². The van der Waals surface area contributed by atoms with Crippen LogP contribution in [0.1, 0.15) is 26.7 Å². The molecule has 1 N–H and O–H groups in total. The molecule has 5 nitrogen and oxygen atoms in total. The third kappa shape index (κ3) is 4.87. The van der Waals surface area contributed by atoms with Crippen LogP contribution in [0.15, 0.2) is 18.2 Å². The van der Waals surface area contributed by atoms with Gasteiger partial charge in [0.05, 0.1) is 13.2 Å². The van der Waals surface area contributed by atoms with Crippen molar-refractivity contribution in [1.29, 1.82) is 0 Å². The summed E-state index contributed by atoms with van der Waals surface area (Å²) in [4.78, 5) is 22.5. The van der Waals surface area contributed by atoms with Crippen LogP contribution >= 0.6 is 0 Å². The van der Waals surface area contributed by atoms with Gasteiger partial charge in [0, 0.05) is 11.8 Å². The molecule has 1 amide bonds. The largest absolute Gasteiger partial charge is 0.491 e. The van der Waals surface area contributed by atoms with E-state index in [9.17, 15) is 14.0 Å². The molecule has 0 spiro atoms. The van der Waals surface area contributed by atoms with E-state index in [4.69, 9.17) is 4.74 Å². The zero-order chi connectivity index (χ0) is 15.0. The van der Waals surface area contributed by atoms with Gasteiger partial charge in [0.2, 0.25) is 0 Å². The summed E-state index contributed by atoms with van der Waals surface area (Å²) in [5.41, 5.74) is 0.170. The van der Waals surface area contributed by atoms with Crippen LogP contribution in [0.4, 0.5) is 10.1 Å². The average Bonchev–Trinajstić information content (AvgIpc) is 2.41. The summed E-state index contributed by atoms with van der Waals surface area (Å²) in [6.45, 7) is 4.13. The van der Waals surface area contributed by atoms with Crippen molar-refractivity contribution in [1.82, 2.24) is 0 Å². The molecule has 110 valence electrons. The number of hydrogen-bond acceptors (Lipinski definition) is 4. The molecule has 20 heavy (non-hydrogen) atoms. The van der Waals surface area contributed by atoms with Gasteiger partial charge in [-0.3, -0.25) is 4.79 Å². The predicted octanol–water partition coefficient (Wildman–Crippen LogP) is 2.51. The molecule has 0 bridgehead atoms.